The minimum absolute atomic E-state index is 0.217. The van der Waals surface area contributed by atoms with Crippen LogP contribution in [0.2, 0.25) is 10.0 Å². The molecule has 2 nitrogen and oxygen atoms in total. The average molecular weight is 231 g/mol. The fourth-order valence-corrected chi connectivity index (χ4v) is 1.29. The number of rotatable bonds is 2. The lowest BCUT2D eigenvalue weighted by Gasteiger charge is -2.00. The minimum atomic E-state index is -0.971. The molecule has 0 aromatic heterocycles. The summed E-state index contributed by atoms with van der Waals surface area (Å²) in [5.41, 5.74) is 0.827. The van der Waals surface area contributed by atoms with Crippen molar-refractivity contribution in [3.05, 3.63) is 39.4 Å². The number of aliphatic carboxylic acids is 1. The Hall–Kier alpha value is -0.990. The topological polar surface area (TPSA) is 37.3 Å². The lowest BCUT2D eigenvalue weighted by atomic mass is 10.1. The van der Waals surface area contributed by atoms with Crippen LogP contribution in [-0.2, 0) is 4.79 Å². The largest absolute Gasteiger partial charge is 0.478 e. The van der Waals surface area contributed by atoms with Crippen molar-refractivity contribution in [2.24, 2.45) is 0 Å². The van der Waals surface area contributed by atoms with Gasteiger partial charge in [-0.3, -0.25) is 0 Å². The summed E-state index contributed by atoms with van der Waals surface area (Å²) in [4.78, 5) is 10.6. The van der Waals surface area contributed by atoms with Gasteiger partial charge in [0, 0.05) is 5.57 Å². The normalized spacial score (nSPS) is 11.5. The van der Waals surface area contributed by atoms with E-state index in [9.17, 15) is 4.79 Å². The molecule has 0 radical (unpaired) electrons. The van der Waals surface area contributed by atoms with Gasteiger partial charge in [-0.2, -0.15) is 0 Å². The van der Waals surface area contributed by atoms with Gasteiger partial charge in [0.15, 0.2) is 0 Å². The monoisotopic (exact) mass is 230 g/mol. The van der Waals surface area contributed by atoms with E-state index in [0.717, 1.165) is 0 Å². The minimum Gasteiger partial charge on any atom is -0.478 e. The van der Waals surface area contributed by atoms with Crippen molar-refractivity contribution < 1.29 is 9.90 Å². The number of hydrogen-bond acceptors (Lipinski definition) is 1. The highest BCUT2D eigenvalue weighted by Crippen LogP contribution is 2.27. The third-order valence-corrected chi connectivity index (χ3v) is 2.52. The van der Waals surface area contributed by atoms with Crippen molar-refractivity contribution >= 4 is 35.2 Å². The first-order valence-corrected chi connectivity index (χ1v) is 4.63. The van der Waals surface area contributed by atoms with Crippen molar-refractivity contribution in [3.8, 4) is 0 Å². The molecule has 1 aromatic rings. The SMILES string of the molecule is CC(=Cc1cccc(Cl)c1Cl)C(=O)O. The van der Waals surface area contributed by atoms with Crippen LogP contribution in [0.5, 0.6) is 0 Å². The zero-order chi connectivity index (χ0) is 10.7. The van der Waals surface area contributed by atoms with Crippen molar-refractivity contribution in [2.45, 2.75) is 6.92 Å². The maximum absolute atomic E-state index is 10.6. The van der Waals surface area contributed by atoms with Crippen molar-refractivity contribution in [1.29, 1.82) is 0 Å². The van der Waals surface area contributed by atoms with Crippen LogP contribution in [0.1, 0.15) is 12.5 Å². The Balaban J connectivity index is 3.15. The lowest BCUT2D eigenvalue weighted by Crippen LogP contribution is -1.95. The molecule has 0 unspecified atom stereocenters. The summed E-state index contributed by atoms with van der Waals surface area (Å²) in [5.74, 6) is -0.971. The molecule has 74 valence electrons. The van der Waals surface area contributed by atoms with Crippen LogP contribution >= 0.6 is 23.2 Å². The maximum atomic E-state index is 10.6. The van der Waals surface area contributed by atoms with E-state index in [0.29, 0.717) is 15.6 Å². The molecule has 0 saturated carbocycles. The highest BCUT2D eigenvalue weighted by Gasteiger charge is 2.04. The van der Waals surface area contributed by atoms with E-state index in [1.54, 1.807) is 18.2 Å². The molecule has 1 rings (SSSR count). The Labute approximate surface area is 91.8 Å². The van der Waals surface area contributed by atoms with Gasteiger partial charge in [-0.1, -0.05) is 35.3 Å². The third kappa shape index (κ3) is 2.50. The number of hydrogen-bond donors (Lipinski definition) is 1. The van der Waals surface area contributed by atoms with Crippen LogP contribution < -0.4 is 0 Å². The smallest absolute Gasteiger partial charge is 0.331 e. The number of carbonyl (C=O) groups is 1. The van der Waals surface area contributed by atoms with Crippen LogP contribution in [0.3, 0.4) is 0 Å². The highest BCUT2D eigenvalue weighted by atomic mass is 35.5. The van der Waals surface area contributed by atoms with Gasteiger partial charge in [-0.15, -0.1) is 0 Å². The van der Waals surface area contributed by atoms with Crippen LogP contribution in [0.25, 0.3) is 6.08 Å². The number of carboxylic acid groups (broad SMARTS) is 1. The molecular formula is C10H8Cl2O2. The molecule has 0 aliphatic carbocycles. The van der Waals surface area contributed by atoms with Gasteiger partial charge < -0.3 is 5.11 Å². The molecule has 0 bridgehead atoms. The zero-order valence-corrected chi connectivity index (χ0v) is 8.93. The summed E-state index contributed by atoms with van der Waals surface area (Å²) in [6.45, 7) is 1.50. The quantitative estimate of drug-likeness (QED) is 0.791. The molecule has 1 N–H and O–H groups in total. The predicted octanol–water partition coefficient (Wildman–Crippen LogP) is 3.48. The van der Waals surface area contributed by atoms with Crippen LogP contribution in [0, 0.1) is 0 Å². The molecule has 4 heteroatoms. The molecule has 0 aliphatic rings. The van der Waals surface area contributed by atoms with E-state index in [-0.39, 0.29) is 5.57 Å². The van der Waals surface area contributed by atoms with E-state index in [1.165, 1.54) is 13.0 Å². The molecule has 0 atom stereocenters. The Morgan fingerprint density at radius 1 is 1.43 bits per heavy atom. The van der Waals surface area contributed by atoms with E-state index >= 15 is 0 Å². The van der Waals surface area contributed by atoms with E-state index in [1.807, 2.05) is 0 Å². The molecule has 0 fully saturated rings. The Morgan fingerprint density at radius 3 is 2.64 bits per heavy atom. The van der Waals surface area contributed by atoms with Crippen molar-refractivity contribution in [3.63, 3.8) is 0 Å². The second kappa shape index (κ2) is 4.49. The molecular weight excluding hydrogens is 223 g/mol. The summed E-state index contributed by atoms with van der Waals surface area (Å²) in [6.07, 6.45) is 1.48. The van der Waals surface area contributed by atoms with Gasteiger partial charge in [-0.05, 0) is 24.6 Å². The molecule has 0 spiro atoms. The van der Waals surface area contributed by atoms with Crippen LogP contribution in [0.4, 0.5) is 0 Å². The summed E-state index contributed by atoms with van der Waals surface area (Å²) in [6, 6.07) is 5.08. The number of benzene rings is 1. The van der Waals surface area contributed by atoms with Gasteiger partial charge in [0.1, 0.15) is 0 Å². The molecule has 0 amide bonds. The zero-order valence-electron chi connectivity index (χ0n) is 7.42. The molecule has 14 heavy (non-hydrogen) atoms. The fraction of sp³-hybridized carbons (Fsp3) is 0.100. The summed E-state index contributed by atoms with van der Waals surface area (Å²) < 4.78 is 0. The number of carboxylic acids is 1. The Kier molecular flexibility index (Phi) is 3.55. The highest BCUT2D eigenvalue weighted by molar-refractivity contribution is 6.42. The lowest BCUT2D eigenvalue weighted by molar-refractivity contribution is -0.132. The Bertz CT molecular complexity index is 397. The molecule has 0 heterocycles. The molecule has 0 saturated heterocycles. The van der Waals surface area contributed by atoms with Crippen molar-refractivity contribution in [1.82, 2.24) is 0 Å². The summed E-state index contributed by atoms with van der Waals surface area (Å²) in [7, 11) is 0. The van der Waals surface area contributed by atoms with Gasteiger partial charge in [0.2, 0.25) is 0 Å². The van der Waals surface area contributed by atoms with E-state index in [4.69, 9.17) is 28.3 Å². The van der Waals surface area contributed by atoms with Crippen molar-refractivity contribution in [2.75, 3.05) is 0 Å². The Morgan fingerprint density at radius 2 is 2.07 bits per heavy atom. The third-order valence-electron chi connectivity index (χ3n) is 1.69. The predicted molar refractivity (Wildman–Crippen MR) is 57.7 cm³/mol. The van der Waals surface area contributed by atoms with E-state index in [2.05, 4.69) is 0 Å². The van der Waals surface area contributed by atoms with Crippen LogP contribution in [0.15, 0.2) is 23.8 Å². The second-order valence-corrected chi connectivity index (χ2v) is 3.56. The van der Waals surface area contributed by atoms with Crippen LogP contribution in [-0.4, -0.2) is 11.1 Å². The van der Waals surface area contributed by atoms with Gasteiger partial charge in [0.05, 0.1) is 10.0 Å². The van der Waals surface area contributed by atoms with Gasteiger partial charge >= 0.3 is 5.97 Å². The van der Waals surface area contributed by atoms with Gasteiger partial charge in [0.25, 0.3) is 0 Å². The fourth-order valence-electron chi connectivity index (χ4n) is 0.927. The summed E-state index contributed by atoms with van der Waals surface area (Å²) >= 11 is 11.6. The standard InChI is InChI=1S/C10H8Cl2O2/c1-6(10(13)14)5-7-3-2-4-8(11)9(7)12/h2-5H,1H3,(H,13,14). The maximum Gasteiger partial charge on any atom is 0.331 e. The first-order valence-electron chi connectivity index (χ1n) is 3.88. The first-order chi connectivity index (χ1) is 6.52. The first kappa shape index (κ1) is 11.1. The van der Waals surface area contributed by atoms with Gasteiger partial charge in [-0.25, -0.2) is 4.79 Å². The number of halogens is 2. The average Bonchev–Trinajstić information content (AvgIpc) is 2.12. The second-order valence-electron chi connectivity index (χ2n) is 2.78. The van der Waals surface area contributed by atoms with E-state index < -0.39 is 5.97 Å². The molecule has 1 aromatic carbocycles. The molecule has 0 aliphatic heterocycles. The summed E-state index contributed by atoms with van der Waals surface area (Å²) in [5, 5.41) is 9.44.